The number of carboxylic acid groups (broad SMARTS) is 1. The van der Waals surface area contributed by atoms with E-state index in [0.29, 0.717) is 12.5 Å². The van der Waals surface area contributed by atoms with Crippen molar-refractivity contribution in [1.82, 2.24) is 5.32 Å². The molecule has 1 aliphatic carbocycles. The Morgan fingerprint density at radius 2 is 2.45 bits per heavy atom. The zero-order chi connectivity index (χ0) is 8.10. The summed E-state index contributed by atoms with van der Waals surface area (Å²) < 4.78 is 0. The van der Waals surface area contributed by atoms with Gasteiger partial charge in [-0.1, -0.05) is 24.3 Å². The minimum atomic E-state index is -0.951. The summed E-state index contributed by atoms with van der Waals surface area (Å²) in [5.74, 6) is 0.330. The van der Waals surface area contributed by atoms with Crippen molar-refractivity contribution in [2.45, 2.75) is 6.42 Å². The summed E-state index contributed by atoms with van der Waals surface area (Å²) >= 11 is 0. The topological polar surface area (TPSA) is 49.3 Å². The molecule has 0 aliphatic heterocycles. The number of hydrogen-bond donors (Lipinski definition) is 2. The second-order valence-corrected chi connectivity index (χ2v) is 2.49. The first kappa shape index (κ1) is 7.85. The third kappa shape index (κ3) is 2.89. The largest absolute Gasteiger partial charge is 0.465 e. The molecule has 0 aromatic rings. The SMILES string of the molecule is O=C(O)NCC1C=CC=CC1. The van der Waals surface area contributed by atoms with Gasteiger partial charge in [-0.25, -0.2) is 4.79 Å². The summed E-state index contributed by atoms with van der Waals surface area (Å²) in [6.07, 6.45) is 7.93. The van der Waals surface area contributed by atoms with Gasteiger partial charge in [0.1, 0.15) is 0 Å². The Morgan fingerprint density at radius 1 is 1.64 bits per heavy atom. The van der Waals surface area contributed by atoms with E-state index in [1.54, 1.807) is 0 Å². The average molecular weight is 153 g/mol. The van der Waals surface area contributed by atoms with Crippen LogP contribution in [-0.2, 0) is 0 Å². The van der Waals surface area contributed by atoms with Gasteiger partial charge in [-0.2, -0.15) is 0 Å². The lowest BCUT2D eigenvalue weighted by Crippen LogP contribution is -2.26. The summed E-state index contributed by atoms with van der Waals surface area (Å²) in [5, 5.41) is 10.6. The normalized spacial score (nSPS) is 21.6. The molecule has 11 heavy (non-hydrogen) atoms. The Labute approximate surface area is 65.4 Å². The molecule has 0 aromatic heterocycles. The first-order valence-corrected chi connectivity index (χ1v) is 3.59. The first-order valence-electron chi connectivity index (χ1n) is 3.59. The first-order chi connectivity index (χ1) is 5.29. The van der Waals surface area contributed by atoms with Crippen molar-refractivity contribution >= 4 is 6.09 Å². The number of amides is 1. The monoisotopic (exact) mass is 153 g/mol. The summed E-state index contributed by atoms with van der Waals surface area (Å²) in [4.78, 5) is 10.1. The van der Waals surface area contributed by atoms with Crippen molar-refractivity contribution in [2.24, 2.45) is 5.92 Å². The third-order valence-electron chi connectivity index (χ3n) is 1.58. The molecule has 1 amide bonds. The van der Waals surface area contributed by atoms with Gasteiger partial charge in [0.15, 0.2) is 0 Å². The third-order valence-corrected chi connectivity index (χ3v) is 1.58. The van der Waals surface area contributed by atoms with Gasteiger partial charge in [-0.3, -0.25) is 0 Å². The van der Waals surface area contributed by atoms with Crippen LogP contribution in [-0.4, -0.2) is 17.7 Å². The highest BCUT2D eigenvalue weighted by molar-refractivity contribution is 5.64. The van der Waals surface area contributed by atoms with E-state index < -0.39 is 6.09 Å². The molecule has 0 aromatic carbocycles. The van der Waals surface area contributed by atoms with Gasteiger partial charge in [0.2, 0.25) is 0 Å². The molecule has 0 radical (unpaired) electrons. The molecule has 60 valence electrons. The van der Waals surface area contributed by atoms with Crippen LogP contribution in [0.3, 0.4) is 0 Å². The second-order valence-electron chi connectivity index (χ2n) is 2.49. The molecule has 1 rings (SSSR count). The van der Waals surface area contributed by atoms with Crippen LogP contribution in [0.2, 0.25) is 0 Å². The molecule has 1 aliphatic rings. The Hall–Kier alpha value is -1.25. The quantitative estimate of drug-likeness (QED) is 0.629. The fourth-order valence-electron chi connectivity index (χ4n) is 1.00. The summed E-state index contributed by atoms with van der Waals surface area (Å²) in [6.45, 7) is 0.510. The predicted octanol–water partition coefficient (Wildman–Crippen LogP) is 1.39. The summed E-state index contributed by atoms with van der Waals surface area (Å²) in [6, 6.07) is 0. The molecule has 0 saturated carbocycles. The molecule has 0 spiro atoms. The second kappa shape index (κ2) is 3.81. The van der Waals surface area contributed by atoms with Crippen LogP contribution in [0.25, 0.3) is 0 Å². The smallest absolute Gasteiger partial charge is 0.404 e. The van der Waals surface area contributed by atoms with Crippen LogP contribution in [0.4, 0.5) is 4.79 Å². The molecule has 0 heterocycles. The van der Waals surface area contributed by atoms with Crippen molar-refractivity contribution in [3.63, 3.8) is 0 Å². The minimum absolute atomic E-state index is 0.330. The van der Waals surface area contributed by atoms with Crippen LogP contribution in [0.1, 0.15) is 6.42 Å². The maximum absolute atomic E-state index is 10.1. The van der Waals surface area contributed by atoms with E-state index in [0.717, 1.165) is 6.42 Å². The van der Waals surface area contributed by atoms with Gasteiger partial charge < -0.3 is 10.4 Å². The standard InChI is InChI=1S/C8H11NO2/c10-8(11)9-6-7-4-2-1-3-5-7/h1-4,7,9H,5-6H2,(H,10,11). The van der Waals surface area contributed by atoms with Gasteiger partial charge in [0.25, 0.3) is 0 Å². The molecular weight excluding hydrogens is 142 g/mol. The van der Waals surface area contributed by atoms with Gasteiger partial charge in [-0.05, 0) is 12.3 Å². The fraction of sp³-hybridized carbons (Fsp3) is 0.375. The van der Waals surface area contributed by atoms with Crippen LogP contribution in [0.5, 0.6) is 0 Å². The molecular formula is C8H11NO2. The van der Waals surface area contributed by atoms with Crippen molar-refractivity contribution in [2.75, 3.05) is 6.54 Å². The molecule has 2 N–H and O–H groups in total. The van der Waals surface area contributed by atoms with E-state index in [4.69, 9.17) is 5.11 Å². The number of nitrogens with one attached hydrogen (secondary N) is 1. The van der Waals surface area contributed by atoms with Crippen molar-refractivity contribution in [1.29, 1.82) is 0 Å². The lowest BCUT2D eigenvalue weighted by molar-refractivity contribution is 0.193. The molecule has 3 heteroatoms. The summed E-state index contributed by atoms with van der Waals surface area (Å²) in [7, 11) is 0. The maximum Gasteiger partial charge on any atom is 0.404 e. The summed E-state index contributed by atoms with van der Waals surface area (Å²) in [5.41, 5.74) is 0. The predicted molar refractivity (Wildman–Crippen MR) is 42.4 cm³/mol. The lowest BCUT2D eigenvalue weighted by atomic mass is 10.0. The highest BCUT2D eigenvalue weighted by Crippen LogP contribution is 2.09. The Balaban J connectivity index is 2.22. The molecule has 0 saturated heterocycles. The van der Waals surface area contributed by atoms with E-state index in [1.165, 1.54) is 0 Å². The molecule has 0 fully saturated rings. The van der Waals surface area contributed by atoms with E-state index in [-0.39, 0.29) is 0 Å². The molecule has 3 nitrogen and oxygen atoms in total. The number of hydrogen-bond acceptors (Lipinski definition) is 1. The average Bonchev–Trinajstić information content (AvgIpc) is 2.03. The highest BCUT2D eigenvalue weighted by Gasteiger charge is 2.05. The van der Waals surface area contributed by atoms with Gasteiger partial charge in [-0.15, -0.1) is 0 Å². The highest BCUT2D eigenvalue weighted by atomic mass is 16.4. The Bertz CT molecular complexity index is 196. The zero-order valence-corrected chi connectivity index (χ0v) is 6.16. The number of rotatable bonds is 2. The van der Waals surface area contributed by atoms with Crippen molar-refractivity contribution in [3.8, 4) is 0 Å². The number of carbonyl (C=O) groups is 1. The van der Waals surface area contributed by atoms with Gasteiger partial charge >= 0.3 is 6.09 Å². The van der Waals surface area contributed by atoms with Crippen molar-refractivity contribution in [3.05, 3.63) is 24.3 Å². The Kier molecular flexibility index (Phi) is 2.72. The molecule has 1 unspecified atom stereocenters. The van der Waals surface area contributed by atoms with Crippen LogP contribution in [0, 0.1) is 5.92 Å². The fourth-order valence-corrected chi connectivity index (χ4v) is 1.00. The van der Waals surface area contributed by atoms with E-state index in [9.17, 15) is 4.79 Å². The van der Waals surface area contributed by atoms with Gasteiger partial charge in [0.05, 0.1) is 0 Å². The number of allylic oxidation sites excluding steroid dienone is 3. The van der Waals surface area contributed by atoms with Crippen LogP contribution >= 0.6 is 0 Å². The van der Waals surface area contributed by atoms with Crippen molar-refractivity contribution < 1.29 is 9.90 Å². The lowest BCUT2D eigenvalue weighted by Gasteiger charge is -2.11. The minimum Gasteiger partial charge on any atom is -0.465 e. The van der Waals surface area contributed by atoms with E-state index >= 15 is 0 Å². The maximum atomic E-state index is 10.1. The molecule has 1 atom stereocenters. The molecule has 0 bridgehead atoms. The van der Waals surface area contributed by atoms with Crippen LogP contribution in [0.15, 0.2) is 24.3 Å². The van der Waals surface area contributed by atoms with E-state index in [1.807, 2.05) is 24.3 Å². The van der Waals surface area contributed by atoms with Crippen LogP contribution < -0.4 is 5.32 Å². The Morgan fingerprint density at radius 3 is 3.00 bits per heavy atom. The van der Waals surface area contributed by atoms with E-state index in [2.05, 4.69) is 5.32 Å². The van der Waals surface area contributed by atoms with Gasteiger partial charge in [0, 0.05) is 6.54 Å². The zero-order valence-electron chi connectivity index (χ0n) is 6.16.